The van der Waals surface area contributed by atoms with Gasteiger partial charge in [-0.2, -0.15) is 0 Å². The number of nitrogens with zero attached hydrogens (tertiary/aromatic N) is 1. The maximum absolute atomic E-state index is 12.3. The molecule has 1 aromatic rings. The van der Waals surface area contributed by atoms with E-state index in [1.54, 1.807) is 0 Å². The Hall–Kier alpha value is -2.09. The SMILES string of the molecule is CCNC(=NCc1cccc(NC(=O)C2CCCC2)c1)NC(C)CCS(C)(=O)=O. The fraction of sp³-hybridized carbons (Fsp3) is 0.619. The summed E-state index contributed by atoms with van der Waals surface area (Å²) in [5, 5.41) is 9.46. The largest absolute Gasteiger partial charge is 0.357 e. The van der Waals surface area contributed by atoms with Gasteiger partial charge in [-0.1, -0.05) is 25.0 Å². The van der Waals surface area contributed by atoms with Gasteiger partial charge in [0.15, 0.2) is 5.96 Å². The average Bonchev–Trinajstić information content (AvgIpc) is 3.19. The molecule has 1 aliphatic carbocycles. The lowest BCUT2D eigenvalue weighted by Gasteiger charge is -2.17. The molecule has 2 rings (SSSR count). The molecule has 1 aromatic carbocycles. The molecule has 7 nitrogen and oxygen atoms in total. The number of aliphatic imine (C=N–C) groups is 1. The normalized spacial score (nSPS) is 16.4. The smallest absolute Gasteiger partial charge is 0.227 e. The summed E-state index contributed by atoms with van der Waals surface area (Å²) >= 11 is 0. The van der Waals surface area contributed by atoms with Crippen molar-refractivity contribution in [3.63, 3.8) is 0 Å². The van der Waals surface area contributed by atoms with Crippen molar-refractivity contribution in [1.29, 1.82) is 0 Å². The van der Waals surface area contributed by atoms with Crippen LogP contribution in [0.4, 0.5) is 5.69 Å². The summed E-state index contributed by atoms with van der Waals surface area (Å²) in [7, 11) is -2.98. The second-order valence-electron chi connectivity index (χ2n) is 7.83. The van der Waals surface area contributed by atoms with Crippen molar-refractivity contribution in [2.75, 3.05) is 23.9 Å². The highest BCUT2D eigenvalue weighted by atomic mass is 32.2. The molecule has 162 valence electrons. The quantitative estimate of drug-likeness (QED) is 0.420. The number of hydrogen-bond acceptors (Lipinski definition) is 4. The third kappa shape index (κ3) is 8.85. The molecule has 1 fully saturated rings. The zero-order chi connectivity index (χ0) is 21.3. The van der Waals surface area contributed by atoms with Gasteiger partial charge in [-0.25, -0.2) is 13.4 Å². The van der Waals surface area contributed by atoms with Gasteiger partial charge in [0.2, 0.25) is 5.91 Å². The molecule has 1 unspecified atom stereocenters. The summed E-state index contributed by atoms with van der Waals surface area (Å²) in [6, 6.07) is 7.74. The topological polar surface area (TPSA) is 99.7 Å². The maximum Gasteiger partial charge on any atom is 0.227 e. The Kier molecular flexibility index (Phi) is 8.95. The Bertz CT molecular complexity index is 802. The van der Waals surface area contributed by atoms with E-state index in [0.29, 0.717) is 25.5 Å². The molecule has 1 atom stereocenters. The van der Waals surface area contributed by atoms with Crippen molar-refractivity contribution >= 4 is 27.4 Å². The first-order chi connectivity index (χ1) is 13.8. The minimum atomic E-state index is -2.98. The number of hydrogen-bond donors (Lipinski definition) is 3. The number of amides is 1. The summed E-state index contributed by atoms with van der Waals surface area (Å²) < 4.78 is 22.7. The second-order valence-corrected chi connectivity index (χ2v) is 10.1. The minimum Gasteiger partial charge on any atom is -0.357 e. The zero-order valence-corrected chi connectivity index (χ0v) is 18.5. The van der Waals surface area contributed by atoms with Crippen molar-refractivity contribution < 1.29 is 13.2 Å². The first kappa shape index (κ1) is 23.2. The molecule has 0 bridgehead atoms. The third-order valence-corrected chi connectivity index (χ3v) is 5.97. The van der Waals surface area contributed by atoms with Gasteiger partial charge in [0.05, 0.1) is 12.3 Å². The molecule has 8 heteroatoms. The van der Waals surface area contributed by atoms with E-state index in [9.17, 15) is 13.2 Å². The van der Waals surface area contributed by atoms with E-state index >= 15 is 0 Å². The monoisotopic (exact) mass is 422 g/mol. The summed E-state index contributed by atoms with van der Waals surface area (Å²) in [4.78, 5) is 16.9. The molecule has 0 spiro atoms. The van der Waals surface area contributed by atoms with Gasteiger partial charge in [0, 0.05) is 30.4 Å². The second kappa shape index (κ2) is 11.2. The highest BCUT2D eigenvalue weighted by Crippen LogP contribution is 2.26. The summed E-state index contributed by atoms with van der Waals surface area (Å²) in [6.07, 6.45) is 5.99. The van der Waals surface area contributed by atoms with Crippen LogP contribution in [0.25, 0.3) is 0 Å². The summed E-state index contributed by atoms with van der Waals surface area (Å²) in [5.74, 6) is 1.03. The highest BCUT2D eigenvalue weighted by molar-refractivity contribution is 7.90. The Labute approximate surface area is 174 Å². The van der Waals surface area contributed by atoms with Gasteiger partial charge in [0.25, 0.3) is 0 Å². The standard InChI is InChI=1S/C21H34N4O3S/c1-4-22-21(24-16(2)12-13-29(3,27)28)23-15-17-8-7-11-19(14-17)25-20(26)18-9-5-6-10-18/h7-8,11,14,16,18H,4-6,9-10,12-13,15H2,1-3H3,(H,25,26)(H2,22,23,24). The number of benzene rings is 1. The van der Waals surface area contributed by atoms with Crippen LogP contribution in [-0.2, 0) is 21.2 Å². The zero-order valence-electron chi connectivity index (χ0n) is 17.7. The molecule has 29 heavy (non-hydrogen) atoms. The lowest BCUT2D eigenvalue weighted by molar-refractivity contribution is -0.119. The number of anilines is 1. The van der Waals surface area contributed by atoms with Crippen molar-refractivity contribution in [3.8, 4) is 0 Å². The van der Waals surface area contributed by atoms with Crippen LogP contribution >= 0.6 is 0 Å². The predicted molar refractivity (Wildman–Crippen MR) is 119 cm³/mol. The molecule has 1 aliphatic rings. The van der Waals surface area contributed by atoms with Crippen LogP contribution < -0.4 is 16.0 Å². The first-order valence-electron chi connectivity index (χ1n) is 10.4. The van der Waals surface area contributed by atoms with Crippen molar-refractivity contribution in [2.45, 2.75) is 58.5 Å². The van der Waals surface area contributed by atoms with E-state index in [1.807, 2.05) is 38.1 Å². The Morgan fingerprint density at radius 2 is 2.00 bits per heavy atom. The molecule has 3 N–H and O–H groups in total. The fourth-order valence-electron chi connectivity index (χ4n) is 3.37. The van der Waals surface area contributed by atoms with E-state index < -0.39 is 9.84 Å². The van der Waals surface area contributed by atoms with Gasteiger partial charge in [-0.15, -0.1) is 0 Å². The van der Waals surface area contributed by atoms with Crippen molar-refractivity contribution in [1.82, 2.24) is 10.6 Å². The molecule has 1 amide bonds. The van der Waals surface area contributed by atoms with E-state index in [2.05, 4.69) is 20.9 Å². The van der Waals surface area contributed by atoms with E-state index in [4.69, 9.17) is 0 Å². The lowest BCUT2D eigenvalue weighted by Crippen LogP contribution is -2.42. The highest BCUT2D eigenvalue weighted by Gasteiger charge is 2.22. The van der Waals surface area contributed by atoms with Crippen LogP contribution in [0, 0.1) is 5.92 Å². The molecule has 0 saturated heterocycles. The first-order valence-corrected chi connectivity index (χ1v) is 12.4. The molecule has 0 heterocycles. The third-order valence-electron chi connectivity index (χ3n) is 4.99. The lowest BCUT2D eigenvalue weighted by atomic mass is 10.1. The fourth-order valence-corrected chi connectivity index (χ4v) is 4.15. The van der Waals surface area contributed by atoms with Gasteiger partial charge in [0.1, 0.15) is 9.84 Å². The van der Waals surface area contributed by atoms with E-state index in [-0.39, 0.29) is 23.6 Å². The van der Waals surface area contributed by atoms with Crippen LogP contribution in [0.1, 0.15) is 51.5 Å². The Morgan fingerprint density at radius 1 is 1.28 bits per heavy atom. The average molecular weight is 423 g/mol. The van der Waals surface area contributed by atoms with Gasteiger partial charge in [-0.3, -0.25) is 4.79 Å². The minimum absolute atomic E-state index is 0.0143. The van der Waals surface area contributed by atoms with Gasteiger partial charge in [-0.05, 0) is 50.8 Å². The summed E-state index contributed by atoms with van der Waals surface area (Å²) in [5.41, 5.74) is 1.80. The van der Waals surface area contributed by atoms with Crippen LogP contribution in [0.5, 0.6) is 0 Å². The van der Waals surface area contributed by atoms with Crippen molar-refractivity contribution in [3.05, 3.63) is 29.8 Å². The molecule has 0 aromatic heterocycles. The predicted octanol–water partition coefficient (Wildman–Crippen LogP) is 2.69. The van der Waals surface area contributed by atoms with E-state index in [0.717, 1.165) is 36.9 Å². The molecule has 1 saturated carbocycles. The van der Waals surface area contributed by atoms with Gasteiger partial charge >= 0.3 is 0 Å². The Morgan fingerprint density at radius 3 is 2.66 bits per heavy atom. The molecule has 0 aliphatic heterocycles. The van der Waals surface area contributed by atoms with Crippen LogP contribution in [0.2, 0.25) is 0 Å². The van der Waals surface area contributed by atoms with Gasteiger partial charge < -0.3 is 16.0 Å². The van der Waals surface area contributed by atoms with E-state index in [1.165, 1.54) is 6.26 Å². The summed E-state index contributed by atoms with van der Waals surface area (Å²) in [6.45, 7) is 5.10. The molecular formula is C21H34N4O3S. The Balaban J connectivity index is 1.94. The number of nitrogens with one attached hydrogen (secondary N) is 3. The van der Waals surface area contributed by atoms with Crippen LogP contribution in [0.3, 0.4) is 0 Å². The number of guanidine groups is 1. The molecule has 0 radical (unpaired) electrons. The molecular weight excluding hydrogens is 388 g/mol. The number of carbonyl (C=O) groups is 1. The number of sulfone groups is 1. The van der Waals surface area contributed by atoms with Crippen LogP contribution in [-0.4, -0.2) is 44.9 Å². The number of carbonyl (C=O) groups excluding carboxylic acids is 1. The van der Waals surface area contributed by atoms with Crippen LogP contribution in [0.15, 0.2) is 29.3 Å². The van der Waals surface area contributed by atoms with Crippen molar-refractivity contribution in [2.24, 2.45) is 10.9 Å². The maximum atomic E-state index is 12.3. The number of rotatable bonds is 9.